The van der Waals surface area contributed by atoms with Crippen LogP contribution in [0, 0.1) is 23.7 Å². The number of aliphatic imine (C=N–C) groups is 1. The number of amides is 2. The summed E-state index contributed by atoms with van der Waals surface area (Å²) in [6.07, 6.45) is 9.42. The average molecular weight is 393 g/mol. The van der Waals surface area contributed by atoms with Gasteiger partial charge in [0.15, 0.2) is 0 Å². The highest BCUT2D eigenvalue weighted by atomic mass is 32.2. The molecule has 0 radical (unpaired) electrons. The van der Waals surface area contributed by atoms with Gasteiger partial charge in [-0.3, -0.25) is 9.59 Å². The molecule has 27 heavy (non-hydrogen) atoms. The number of fused-ring (bicyclic) bond motifs is 2. The van der Waals surface area contributed by atoms with E-state index in [1.54, 1.807) is 18.9 Å². The van der Waals surface area contributed by atoms with Gasteiger partial charge in [-0.1, -0.05) is 18.2 Å². The molecule has 3 fully saturated rings. The minimum absolute atomic E-state index is 0.0727. The Bertz CT molecular complexity index is 629. The predicted molar refractivity (Wildman–Crippen MR) is 108 cm³/mol. The van der Waals surface area contributed by atoms with E-state index in [1.165, 1.54) is 25.7 Å². The summed E-state index contributed by atoms with van der Waals surface area (Å²) < 4.78 is 4.56. The minimum Gasteiger partial charge on any atom is -0.375 e. The van der Waals surface area contributed by atoms with Crippen molar-refractivity contribution in [2.75, 3.05) is 26.8 Å². The van der Waals surface area contributed by atoms with Crippen molar-refractivity contribution < 1.29 is 14.3 Å². The summed E-state index contributed by atoms with van der Waals surface area (Å²) in [5.41, 5.74) is 0. The summed E-state index contributed by atoms with van der Waals surface area (Å²) in [6.45, 7) is 3.80. The second-order valence-electron chi connectivity index (χ2n) is 9.24. The third-order valence-corrected chi connectivity index (χ3v) is 8.54. The minimum atomic E-state index is -0.393. The topological polar surface area (TPSA) is 59.0 Å². The smallest absolute Gasteiger partial charge is 0.262 e. The molecule has 0 aromatic rings. The van der Waals surface area contributed by atoms with Gasteiger partial charge < -0.3 is 9.64 Å². The standard InChI is InChI=1S/C21H32N2O3S/c1-21(12-14-5-7-23(8-6-14)19(24)13-26-2)20(25)22-18(27-21)11-17-10-15-3-4-16(17)9-15/h14-17H,3-13H2,1-2H3/t15-,16+,17-,21?/m1/s1. The van der Waals surface area contributed by atoms with Gasteiger partial charge in [0.05, 0.1) is 5.04 Å². The van der Waals surface area contributed by atoms with Crippen molar-refractivity contribution in [3.05, 3.63) is 0 Å². The molecule has 5 nitrogen and oxygen atoms in total. The highest BCUT2D eigenvalue weighted by molar-refractivity contribution is 8.16. The summed E-state index contributed by atoms with van der Waals surface area (Å²) in [5.74, 6) is 3.23. The van der Waals surface area contributed by atoms with Gasteiger partial charge in [-0.25, -0.2) is 4.99 Å². The fraction of sp³-hybridized carbons (Fsp3) is 0.857. The van der Waals surface area contributed by atoms with Gasteiger partial charge >= 0.3 is 0 Å². The van der Waals surface area contributed by atoms with E-state index < -0.39 is 4.75 Å². The zero-order valence-electron chi connectivity index (χ0n) is 16.6. The Morgan fingerprint density at radius 1 is 1.26 bits per heavy atom. The van der Waals surface area contributed by atoms with Crippen molar-refractivity contribution in [2.45, 2.75) is 63.0 Å². The SMILES string of the molecule is COCC(=O)N1CCC(CC2(C)SC(C[C@H]3C[C@@H]4CC[C@H]3C4)=NC2=O)CC1. The van der Waals surface area contributed by atoms with E-state index in [9.17, 15) is 9.59 Å². The van der Waals surface area contributed by atoms with E-state index in [0.29, 0.717) is 5.92 Å². The molecule has 4 atom stereocenters. The molecule has 1 saturated heterocycles. The molecule has 0 aromatic heterocycles. The molecule has 0 aromatic carbocycles. The van der Waals surface area contributed by atoms with Crippen LogP contribution in [-0.4, -0.2) is 53.3 Å². The number of nitrogens with zero attached hydrogens (tertiary/aromatic N) is 2. The summed E-state index contributed by atoms with van der Waals surface area (Å²) in [6, 6.07) is 0. The van der Waals surface area contributed by atoms with E-state index in [4.69, 9.17) is 4.74 Å². The fourth-order valence-electron chi connectivity index (χ4n) is 5.78. The van der Waals surface area contributed by atoms with Crippen molar-refractivity contribution in [1.29, 1.82) is 0 Å². The third kappa shape index (κ3) is 4.12. The van der Waals surface area contributed by atoms with Crippen LogP contribution < -0.4 is 0 Å². The number of carbonyl (C=O) groups excluding carboxylic acids is 2. The molecule has 2 bridgehead atoms. The predicted octanol–water partition coefficient (Wildman–Crippen LogP) is 3.52. The summed E-state index contributed by atoms with van der Waals surface area (Å²) in [4.78, 5) is 31.0. The van der Waals surface area contributed by atoms with Crippen LogP contribution in [0.25, 0.3) is 0 Å². The maximum absolute atomic E-state index is 12.7. The number of methoxy groups -OCH3 is 1. The number of carbonyl (C=O) groups is 2. The molecule has 6 heteroatoms. The van der Waals surface area contributed by atoms with Gasteiger partial charge in [-0.05, 0) is 75.5 Å². The van der Waals surface area contributed by atoms with Gasteiger partial charge in [0, 0.05) is 20.2 Å². The molecule has 2 saturated carbocycles. The van der Waals surface area contributed by atoms with E-state index in [0.717, 1.165) is 61.6 Å². The summed E-state index contributed by atoms with van der Waals surface area (Å²) >= 11 is 1.74. The van der Waals surface area contributed by atoms with E-state index in [-0.39, 0.29) is 18.4 Å². The maximum Gasteiger partial charge on any atom is 0.262 e. The zero-order valence-corrected chi connectivity index (χ0v) is 17.4. The first-order valence-electron chi connectivity index (χ1n) is 10.5. The van der Waals surface area contributed by atoms with Gasteiger partial charge in [-0.2, -0.15) is 0 Å². The Labute approximate surface area is 166 Å². The van der Waals surface area contributed by atoms with Crippen LogP contribution >= 0.6 is 11.8 Å². The van der Waals surface area contributed by atoms with E-state index >= 15 is 0 Å². The van der Waals surface area contributed by atoms with Crippen molar-refractivity contribution in [3.8, 4) is 0 Å². The van der Waals surface area contributed by atoms with E-state index in [1.807, 2.05) is 4.90 Å². The molecule has 150 valence electrons. The molecule has 2 aliphatic carbocycles. The normalized spacial score (nSPS) is 36.5. The Morgan fingerprint density at radius 3 is 2.67 bits per heavy atom. The van der Waals surface area contributed by atoms with Crippen LogP contribution in [0.2, 0.25) is 0 Å². The molecule has 4 aliphatic rings. The van der Waals surface area contributed by atoms with Crippen molar-refractivity contribution in [3.63, 3.8) is 0 Å². The van der Waals surface area contributed by atoms with Crippen LogP contribution in [0.15, 0.2) is 4.99 Å². The second kappa shape index (κ2) is 7.86. The number of hydrogen-bond acceptors (Lipinski definition) is 4. The molecule has 2 amide bonds. The zero-order chi connectivity index (χ0) is 19.0. The highest BCUT2D eigenvalue weighted by Crippen LogP contribution is 2.51. The van der Waals surface area contributed by atoms with Crippen LogP contribution in [0.3, 0.4) is 0 Å². The van der Waals surface area contributed by atoms with E-state index in [2.05, 4.69) is 11.9 Å². The first-order chi connectivity index (χ1) is 13.0. The number of hydrogen-bond donors (Lipinski definition) is 0. The monoisotopic (exact) mass is 392 g/mol. The quantitative estimate of drug-likeness (QED) is 0.694. The molecule has 2 heterocycles. The van der Waals surface area contributed by atoms with Crippen molar-refractivity contribution in [2.24, 2.45) is 28.7 Å². The first-order valence-corrected chi connectivity index (χ1v) is 11.4. The molecule has 4 rings (SSSR count). The van der Waals surface area contributed by atoms with Crippen LogP contribution in [-0.2, 0) is 14.3 Å². The number of rotatable bonds is 6. The number of likely N-dealkylation sites (tertiary alicyclic amines) is 1. The molecule has 0 N–H and O–H groups in total. The lowest BCUT2D eigenvalue weighted by Gasteiger charge is -2.35. The van der Waals surface area contributed by atoms with Gasteiger partial charge in [-0.15, -0.1) is 0 Å². The summed E-state index contributed by atoms with van der Waals surface area (Å²) in [7, 11) is 1.56. The Balaban J connectivity index is 1.27. The van der Waals surface area contributed by atoms with Gasteiger partial charge in [0.1, 0.15) is 11.4 Å². The molecule has 2 aliphatic heterocycles. The number of ether oxygens (including phenoxy) is 1. The average Bonchev–Trinajstić information content (AvgIpc) is 3.31. The first kappa shape index (κ1) is 19.4. The molecular weight excluding hydrogens is 360 g/mol. The van der Waals surface area contributed by atoms with Crippen molar-refractivity contribution >= 4 is 28.6 Å². The Kier molecular flexibility index (Phi) is 5.66. The fourth-order valence-corrected chi connectivity index (χ4v) is 7.18. The lowest BCUT2D eigenvalue weighted by Crippen LogP contribution is -2.42. The molecule has 0 spiro atoms. The Hall–Kier alpha value is -0.880. The Morgan fingerprint density at radius 2 is 2.04 bits per heavy atom. The van der Waals surface area contributed by atoms with Crippen LogP contribution in [0.1, 0.15) is 58.3 Å². The second-order valence-corrected chi connectivity index (χ2v) is 10.8. The van der Waals surface area contributed by atoms with Crippen molar-refractivity contribution in [1.82, 2.24) is 4.90 Å². The van der Waals surface area contributed by atoms with Crippen LogP contribution in [0.4, 0.5) is 0 Å². The largest absolute Gasteiger partial charge is 0.375 e. The van der Waals surface area contributed by atoms with Gasteiger partial charge in [0.2, 0.25) is 5.91 Å². The lowest BCUT2D eigenvalue weighted by molar-refractivity contribution is -0.136. The number of thioether (sulfide) groups is 1. The highest BCUT2D eigenvalue weighted by Gasteiger charge is 2.45. The number of piperidine rings is 1. The third-order valence-electron chi connectivity index (χ3n) is 7.26. The lowest BCUT2D eigenvalue weighted by atomic mass is 9.86. The van der Waals surface area contributed by atoms with Gasteiger partial charge in [0.25, 0.3) is 5.91 Å². The summed E-state index contributed by atoms with van der Waals surface area (Å²) in [5, 5.41) is 1.09. The van der Waals surface area contributed by atoms with Crippen LogP contribution in [0.5, 0.6) is 0 Å². The molecule has 1 unspecified atom stereocenters. The molecular formula is C21H32N2O3S. The maximum atomic E-state index is 12.7.